The molecule has 106 heavy (non-hydrogen) atoms. The average molecular weight is 1390 g/mol. The molecule has 0 radical (unpaired) electrons. The van der Waals surface area contributed by atoms with Crippen LogP contribution in [0.25, 0.3) is 55.6 Å². The maximum atomic E-state index is 2.49. The van der Waals surface area contributed by atoms with Crippen molar-refractivity contribution >= 4 is 57.6 Å². The van der Waals surface area contributed by atoms with Gasteiger partial charge in [-0.25, -0.2) is 0 Å². The Morgan fingerprint density at radius 3 is 0.811 bits per heavy atom. The minimum absolute atomic E-state index is 0.651. The van der Waals surface area contributed by atoms with E-state index in [1.54, 1.807) is 0 Å². The lowest BCUT2D eigenvalue weighted by Gasteiger charge is -2.35. The summed E-state index contributed by atoms with van der Waals surface area (Å²) in [4.78, 5) is 9.91. The van der Waals surface area contributed by atoms with Crippen LogP contribution in [0.5, 0.6) is 0 Å². The summed E-state index contributed by atoms with van der Waals surface area (Å²) in [5.74, 6) is 0. The van der Waals surface area contributed by atoms with Gasteiger partial charge in [0.05, 0.1) is 10.8 Å². The highest BCUT2D eigenvalue weighted by Gasteiger charge is 2.49. The first-order valence-electron chi connectivity index (χ1n) is 37.0. The standard InChI is InChI=1S/C102H72N2S2/c1-7-19-69(20-8-1)77-41-59-93-95-61-51-87(67-99(95)101(97(93)65-77,79-23-11-3-12-24-79)81-43-55-89(56-44-81)105-91-53-39-73-31-33-75(73)63-91)103(83-27-15-5-16-28-83)85-47-35-71(36-48-85)72-37-49-86(50-38-72)104(84-29-17-6-18-30-84)88-52-62-96-94-60-42-78(70-21-9-2-10-22-70)66-98(94)102(100(96)68-88,80-25-13-4-14-26-80)82-45-57-90(58-46-82)106-92-54-40-74-32-34-76(74)64-92/h1-30,35-68H,31-34H2. The third kappa shape index (κ3) is 10.9. The van der Waals surface area contributed by atoms with Gasteiger partial charge in [0, 0.05) is 53.7 Å². The summed E-state index contributed by atoms with van der Waals surface area (Å²) in [7, 11) is 0. The molecular weight excluding hydrogens is 1320 g/mol. The van der Waals surface area contributed by atoms with Crippen molar-refractivity contribution in [2.24, 2.45) is 0 Å². The van der Waals surface area contributed by atoms with Crippen LogP contribution in [0, 0.1) is 0 Å². The van der Waals surface area contributed by atoms with Gasteiger partial charge in [0.25, 0.3) is 0 Å². The molecule has 0 heterocycles. The van der Waals surface area contributed by atoms with Crippen LogP contribution in [-0.2, 0) is 36.5 Å². The lowest BCUT2D eigenvalue weighted by molar-refractivity contribution is 0.767. The van der Waals surface area contributed by atoms with Gasteiger partial charge in [0.15, 0.2) is 0 Å². The molecule has 0 saturated carbocycles. The van der Waals surface area contributed by atoms with Crippen LogP contribution in [0.2, 0.25) is 0 Å². The van der Waals surface area contributed by atoms with E-state index in [1.165, 1.54) is 157 Å². The number of fused-ring (bicyclic) bond motifs is 8. The highest BCUT2D eigenvalue weighted by molar-refractivity contribution is 7.99. The second-order valence-corrected chi connectivity index (χ2v) is 30.8. The maximum absolute atomic E-state index is 2.49. The molecule has 0 aliphatic heterocycles. The van der Waals surface area contributed by atoms with Crippen LogP contribution in [0.15, 0.2) is 408 Å². The Labute approximate surface area is 629 Å². The van der Waals surface area contributed by atoms with E-state index in [1.807, 2.05) is 23.5 Å². The van der Waals surface area contributed by atoms with Gasteiger partial charge in [0.1, 0.15) is 0 Å². The molecule has 4 aliphatic rings. The molecule has 16 aromatic carbocycles. The Kier molecular flexibility index (Phi) is 15.9. The molecule has 502 valence electrons. The van der Waals surface area contributed by atoms with Crippen molar-refractivity contribution in [2.75, 3.05) is 9.80 Å². The molecule has 0 spiro atoms. The van der Waals surface area contributed by atoms with Crippen LogP contribution < -0.4 is 9.80 Å². The molecule has 0 aromatic heterocycles. The van der Waals surface area contributed by atoms with Gasteiger partial charge in [-0.05, 0) is 282 Å². The smallest absolute Gasteiger partial charge is 0.0714 e. The van der Waals surface area contributed by atoms with Gasteiger partial charge in [0.2, 0.25) is 0 Å². The van der Waals surface area contributed by atoms with Gasteiger partial charge >= 0.3 is 0 Å². The van der Waals surface area contributed by atoms with Gasteiger partial charge in [-0.3, -0.25) is 0 Å². The summed E-state index contributed by atoms with van der Waals surface area (Å²) in [6.07, 6.45) is 4.71. The highest BCUT2D eigenvalue weighted by atomic mass is 32.2. The van der Waals surface area contributed by atoms with Crippen molar-refractivity contribution in [3.63, 3.8) is 0 Å². The summed E-state index contributed by atoms with van der Waals surface area (Å²) in [5.41, 5.74) is 33.2. The zero-order valence-corrected chi connectivity index (χ0v) is 60.1. The monoisotopic (exact) mass is 1390 g/mol. The molecule has 2 nitrogen and oxygen atoms in total. The van der Waals surface area contributed by atoms with Crippen molar-refractivity contribution in [2.45, 2.75) is 56.1 Å². The molecule has 4 aliphatic carbocycles. The number of anilines is 6. The minimum Gasteiger partial charge on any atom is -0.310 e. The van der Waals surface area contributed by atoms with Crippen molar-refractivity contribution in [1.82, 2.24) is 0 Å². The van der Waals surface area contributed by atoms with E-state index >= 15 is 0 Å². The van der Waals surface area contributed by atoms with E-state index in [0.29, 0.717) is 0 Å². The van der Waals surface area contributed by atoms with E-state index in [4.69, 9.17) is 0 Å². The van der Waals surface area contributed by atoms with Crippen molar-refractivity contribution in [3.05, 3.63) is 455 Å². The predicted octanol–water partition coefficient (Wildman–Crippen LogP) is 26.9. The minimum atomic E-state index is -0.651. The van der Waals surface area contributed by atoms with Crippen molar-refractivity contribution < 1.29 is 0 Å². The van der Waals surface area contributed by atoms with Crippen molar-refractivity contribution in [1.29, 1.82) is 0 Å². The number of aryl methyl sites for hydroxylation is 4. The molecule has 16 aromatic rings. The van der Waals surface area contributed by atoms with Gasteiger partial charge in [-0.15, -0.1) is 0 Å². The molecular formula is C102H72N2S2. The van der Waals surface area contributed by atoms with Crippen LogP contribution in [-0.4, -0.2) is 0 Å². The molecule has 0 N–H and O–H groups in total. The second kappa shape index (κ2) is 26.5. The molecule has 20 rings (SSSR count). The van der Waals surface area contributed by atoms with Crippen molar-refractivity contribution in [3.8, 4) is 55.6 Å². The van der Waals surface area contributed by atoms with Gasteiger partial charge < -0.3 is 9.80 Å². The number of hydrogen-bond acceptors (Lipinski definition) is 4. The quantitative estimate of drug-likeness (QED) is 0.0896. The van der Waals surface area contributed by atoms with Crippen LogP contribution in [0.4, 0.5) is 34.1 Å². The number of nitrogens with zero attached hydrogens (tertiary/aromatic N) is 2. The summed E-state index contributed by atoms with van der Waals surface area (Å²) in [5, 5.41) is 0. The molecule has 0 saturated heterocycles. The first kappa shape index (κ1) is 63.5. The number of benzene rings is 16. The Morgan fingerprint density at radius 1 is 0.189 bits per heavy atom. The van der Waals surface area contributed by atoms with Crippen LogP contribution >= 0.6 is 23.5 Å². The second-order valence-electron chi connectivity index (χ2n) is 28.5. The first-order chi connectivity index (χ1) is 52.5. The largest absolute Gasteiger partial charge is 0.310 e. The zero-order chi connectivity index (χ0) is 70.1. The normalized spacial score (nSPS) is 15.4. The topological polar surface area (TPSA) is 6.48 Å². The highest BCUT2D eigenvalue weighted by Crippen LogP contribution is 2.61. The van der Waals surface area contributed by atoms with Gasteiger partial charge in [-0.1, -0.05) is 278 Å². The molecule has 2 atom stereocenters. The third-order valence-corrected chi connectivity index (χ3v) is 24.7. The fourth-order valence-corrected chi connectivity index (χ4v) is 19.2. The summed E-state index contributed by atoms with van der Waals surface area (Å²) < 4.78 is 0. The first-order valence-corrected chi connectivity index (χ1v) is 38.6. The van der Waals surface area contributed by atoms with E-state index in [0.717, 1.165) is 45.3 Å². The molecule has 0 amide bonds. The van der Waals surface area contributed by atoms with E-state index in [9.17, 15) is 0 Å². The van der Waals surface area contributed by atoms with Crippen LogP contribution in [0.1, 0.15) is 66.8 Å². The zero-order valence-electron chi connectivity index (χ0n) is 58.5. The Morgan fingerprint density at radius 2 is 0.462 bits per heavy atom. The Hall–Kier alpha value is -12.2. The number of hydrogen-bond donors (Lipinski definition) is 0. The SMILES string of the molecule is c1ccc(-c2ccc3c(c2)C(c2ccccc2)(c2ccc(Sc4ccc5c(c4)CC5)cc2)c2cc(N(c4ccccc4)c4ccc(-c5ccc(N(c6ccccc6)c6ccc7c(c6)C(c6ccccc6)(c6ccc(Sc8ccc9c(c8)CC9)cc6)c6cc(-c8ccccc8)ccc6-7)cc5)cc4)ccc2-3)cc1. The average Bonchev–Trinajstić information content (AvgIpc) is 1.56. The lowest BCUT2D eigenvalue weighted by atomic mass is 9.67. The fourth-order valence-electron chi connectivity index (χ4n) is 17.4. The Balaban J connectivity index is 0.669. The molecule has 4 heteroatoms. The summed E-state index contributed by atoms with van der Waals surface area (Å²) >= 11 is 3.71. The maximum Gasteiger partial charge on any atom is 0.0714 e. The molecule has 0 fully saturated rings. The third-order valence-electron chi connectivity index (χ3n) is 22.7. The van der Waals surface area contributed by atoms with Crippen LogP contribution in [0.3, 0.4) is 0 Å². The number of para-hydroxylation sites is 2. The van der Waals surface area contributed by atoms with E-state index in [2.05, 4.69) is 398 Å². The molecule has 2 unspecified atom stereocenters. The predicted molar refractivity (Wildman–Crippen MR) is 443 cm³/mol. The lowest BCUT2D eigenvalue weighted by Crippen LogP contribution is -2.29. The Bertz CT molecular complexity index is 5600. The summed E-state index contributed by atoms with van der Waals surface area (Å²) in [6, 6.07) is 146. The van der Waals surface area contributed by atoms with E-state index in [-0.39, 0.29) is 0 Å². The molecule has 0 bridgehead atoms. The van der Waals surface area contributed by atoms with Gasteiger partial charge in [-0.2, -0.15) is 0 Å². The number of rotatable bonds is 17. The van der Waals surface area contributed by atoms with E-state index < -0.39 is 10.8 Å². The fraction of sp³-hybridized carbons (Fsp3) is 0.0588. The summed E-state index contributed by atoms with van der Waals surface area (Å²) in [6.45, 7) is 0.